The maximum Gasteiger partial charge on any atom is 0.169 e. The number of halogens is 1. The second-order valence-corrected chi connectivity index (χ2v) is 5.41. The molecule has 2 nitrogen and oxygen atoms in total. The molecule has 0 radical (unpaired) electrons. The highest BCUT2D eigenvalue weighted by atomic mass is 35.5. The monoisotopic (exact) mass is 252 g/mol. The lowest BCUT2D eigenvalue weighted by Gasteiger charge is -2.22. The minimum Gasteiger partial charge on any atom is -0.344 e. The third-order valence-corrected chi connectivity index (χ3v) is 4.09. The molecule has 92 valence electrons. The molecule has 1 saturated heterocycles. The largest absolute Gasteiger partial charge is 0.344 e. The van der Waals surface area contributed by atoms with Crippen molar-refractivity contribution in [3.05, 3.63) is 34.9 Å². The average molecular weight is 253 g/mol. The maximum atomic E-state index is 6.23. The quantitative estimate of drug-likeness (QED) is 0.750. The fourth-order valence-corrected chi connectivity index (χ4v) is 3.17. The molecule has 0 N–H and O–H groups in total. The Morgan fingerprint density at radius 3 is 2.59 bits per heavy atom. The standard InChI is InChI=1S/C14H17ClO2/c1-10-13(11-6-2-3-7-12(11)15)17-14(16-10)8-4-5-9-14/h2-3,6-7,10,13H,4-5,8-9H2,1H3. The van der Waals surface area contributed by atoms with Crippen LogP contribution in [0.25, 0.3) is 0 Å². The molecule has 0 aromatic heterocycles. The van der Waals surface area contributed by atoms with Crippen LogP contribution < -0.4 is 0 Å². The fraction of sp³-hybridized carbons (Fsp3) is 0.571. The van der Waals surface area contributed by atoms with Crippen molar-refractivity contribution in [2.75, 3.05) is 0 Å². The van der Waals surface area contributed by atoms with Gasteiger partial charge in [0.05, 0.1) is 6.10 Å². The molecular formula is C14H17ClO2. The van der Waals surface area contributed by atoms with Gasteiger partial charge in [0, 0.05) is 23.4 Å². The van der Waals surface area contributed by atoms with Crippen molar-refractivity contribution in [2.24, 2.45) is 0 Å². The van der Waals surface area contributed by atoms with Crippen molar-refractivity contribution in [1.82, 2.24) is 0 Å². The number of hydrogen-bond donors (Lipinski definition) is 0. The van der Waals surface area contributed by atoms with Gasteiger partial charge in [-0.25, -0.2) is 0 Å². The van der Waals surface area contributed by atoms with Gasteiger partial charge in [-0.05, 0) is 25.8 Å². The summed E-state index contributed by atoms with van der Waals surface area (Å²) in [5, 5.41) is 0.767. The first-order chi connectivity index (χ1) is 8.20. The molecular weight excluding hydrogens is 236 g/mol. The van der Waals surface area contributed by atoms with E-state index in [1.165, 1.54) is 12.8 Å². The van der Waals surface area contributed by atoms with E-state index < -0.39 is 0 Å². The van der Waals surface area contributed by atoms with Crippen molar-refractivity contribution in [3.63, 3.8) is 0 Å². The number of benzene rings is 1. The summed E-state index contributed by atoms with van der Waals surface area (Å²) < 4.78 is 12.2. The minimum absolute atomic E-state index is 0.0261. The van der Waals surface area contributed by atoms with Gasteiger partial charge in [-0.15, -0.1) is 0 Å². The highest BCUT2D eigenvalue weighted by Crippen LogP contribution is 2.47. The van der Waals surface area contributed by atoms with E-state index in [1.54, 1.807) is 0 Å². The molecule has 1 aromatic rings. The van der Waals surface area contributed by atoms with Crippen LogP contribution in [0.3, 0.4) is 0 Å². The lowest BCUT2D eigenvalue weighted by Crippen LogP contribution is -2.25. The van der Waals surface area contributed by atoms with Crippen LogP contribution in [-0.4, -0.2) is 11.9 Å². The number of rotatable bonds is 1. The van der Waals surface area contributed by atoms with E-state index in [0.717, 1.165) is 23.4 Å². The first kappa shape index (κ1) is 11.5. The Labute approximate surface area is 107 Å². The molecule has 0 bridgehead atoms. The Morgan fingerprint density at radius 1 is 1.18 bits per heavy atom. The SMILES string of the molecule is CC1OC2(CCCC2)OC1c1ccccc1Cl. The van der Waals surface area contributed by atoms with E-state index in [0.29, 0.717) is 0 Å². The minimum atomic E-state index is -0.330. The third-order valence-electron chi connectivity index (χ3n) is 3.75. The highest BCUT2D eigenvalue weighted by molar-refractivity contribution is 6.31. The van der Waals surface area contributed by atoms with E-state index in [1.807, 2.05) is 24.3 Å². The zero-order valence-corrected chi connectivity index (χ0v) is 10.7. The summed E-state index contributed by atoms with van der Waals surface area (Å²) in [7, 11) is 0. The zero-order valence-electron chi connectivity index (χ0n) is 9.99. The van der Waals surface area contributed by atoms with Crippen LogP contribution in [0.4, 0.5) is 0 Å². The van der Waals surface area contributed by atoms with E-state index in [4.69, 9.17) is 21.1 Å². The van der Waals surface area contributed by atoms with Crippen molar-refractivity contribution in [1.29, 1.82) is 0 Å². The maximum absolute atomic E-state index is 6.23. The molecule has 2 aliphatic rings. The van der Waals surface area contributed by atoms with Crippen LogP contribution in [0.15, 0.2) is 24.3 Å². The first-order valence-corrected chi connectivity index (χ1v) is 6.68. The average Bonchev–Trinajstić information content (AvgIpc) is 2.88. The Hall–Kier alpha value is -0.570. The third kappa shape index (κ3) is 1.99. The summed E-state index contributed by atoms with van der Waals surface area (Å²) in [5.74, 6) is -0.330. The smallest absolute Gasteiger partial charge is 0.169 e. The highest BCUT2D eigenvalue weighted by Gasteiger charge is 2.48. The zero-order chi connectivity index (χ0) is 11.9. The molecule has 17 heavy (non-hydrogen) atoms. The Kier molecular flexibility index (Phi) is 2.89. The summed E-state index contributed by atoms with van der Waals surface area (Å²) in [6, 6.07) is 7.88. The molecule has 1 heterocycles. The Balaban J connectivity index is 1.87. The summed E-state index contributed by atoms with van der Waals surface area (Å²) in [5.41, 5.74) is 1.05. The predicted molar refractivity (Wildman–Crippen MR) is 67.0 cm³/mol. The van der Waals surface area contributed by atoms with Gasteiger partial charge in [0.25, 0.3) is 0 Å². The molecule has 1 aromatic carbocycles. The second-order valence-electron chi connectivity index (χ2n) is 5.00. The molecule has 3 rings (SSSR count). The molecule has 1 saturated carbocycles. The molecule has 2 unspecified atom stereocenters. The second kappa shape index (κ2) is 4.27. The van der Waals surface area contributed by atoms with Crippen molar-refractivity contribution in [3.8, 4) is 0 Å². The van der Waals surface area contributed by atoms with Crippen LogP contribution in [0.1, 0.15) is 44.3 Å². The molecule has 0 amide bonds. The molecule has 1 spiro atoms. The van der Waals surface area contributed by atoms with Gasteiger partial charge in [-0.3, -0.25) is 0 Å². The lowest BCUT2D eigenvalue weighted by atomic mass is 10.1. The Morgan fingerprint density at radius 2 is 1.88 bits per heavy atom. The summed E-state index contributed by atoms with van der Waals surface area (Å²) in [6.45, 7) is 2.07. The molecule has 1 aliphatic heterocycles. The summed E-state index contributed by atoms with van der Waals surface area (Å²) >= 11 is 6.23. The van der Waals surface area contributed by atoms with Crippen molar-refractivity contribution >= 4 is 11.6 Å². The van der Waals surface area contributed by atoms with Crippen LogP contribution in [0.5, 0.6) is 0 Å². The molecule has 1 aliphatic carbocycles. The number of ether oxygens (including phenoxy) is 2. The Bertz CT molecular complexity index is 412. The summed E-state index contributed by atoms with van der Waals surface area (Å²) in [6.07, 6.45) is 4.47. The van der Waals surface area contributed by atoms with E-state index in [9.17, 15) is 0 Å². The molecule has 3 heteroatoms. The van der Waals surface area contributed by atoms with Crippen LogP contribution >= 0.6 is 11.6 Å². The van der Waals surface area contributed by atoms with Gasteiger partial charge < -0.3 is 9.47 Å². The lowest BCUT2D eigenvalue weighted by molar-refractivity contribution is -0.168. The van der Waals surface area contributed by atoms with E-state index >= 15 is 0 Å². The van der Waals surface area contributed by atoms with Crippen LogP contribution in [0.2, 0.25) is 5.02 Å². The molecule has 2 fully saturated rings. The van der Waals surface area contributed by atoms with E-state index in [2.05, 4.69) is 6.92 Å². The van der Waals surface area contributed by atoms with Crippen LogP contribution in [-0.2, 0) is 9.47 Å². The van der Waals surface area contributed by atoms with Gasteiger partial charge in [0.15, 0.2) is 5.79 Å². The predicted octanol–water partition coefficient (Wildman–Crippen LogP) is 4.09. The summed E-state index contributed by atoms with van der Waals surface area (Å²) in [4.78, 5) is 0. The first-order valence-electron chi connectivity index (χ1n) is 6.30. The fourth-order valence-electron chi connectivity index (χ4n) is 2.93. The van der Waals surface area contributed by atoms with Gasteiger partial charge in [-0.1, -0.05) is 29.8 Å². The van der Waals surface area contributed by atoms with Gasteiger partial charge in [0.1, 0.15) is 6.10 Å². The molecule has 2 atom stereocenters. The van der Waals surface area contributed by atoms with Gasteiger partial charge in [0.2, 0.25) is 0 Å². The normalized spacial score (nSPS) is 31.2. The van der Waals surface area contributed by atoms with Crippen molar-refractivity contribution < 1.29 is 9.47 Å². The van der Waals surface area contributed by atoms with Gasteiger partial charge >= 0.3 is 0 Å². The van der Waals surface area contributed by atoms with Gasteiger partial charge in [-0.2, -0.15) is 0 Å². The van der Waals surface area contributed by atoms with E-state index in [-0.39, 0.29) is 18.0 Å². The van der Waals surface area contributed by atoms with Crippen LogP contribution in [0, 0.1) is 0 Å². The topological polar surface area (TPSA) is 18.5 Å². The van der Waals surface area contributed by atoms with Crippen molar-refractivity contribution in [2.45, 2.75) is 50.6 Å². The number of hydrogen-bond acceptors (Lipinski definition) is 2.